The normalized spacial score (nSPS) is 13.4. The van der Waals surface area contributed by atoms with Crippen LogP contribution in [0.15, 0.2) is 36.0 Å². The van der Waals surface area contributed by atoms with Gasteiger partial charge in [-0.2, -0.15) is 0 Å². The molecular weight excluding hydrogens is 192 g/mol. The first kappa shape index (κ1) is 15.2. The Bertz CT molecular complexity index is 239. The third kappa shape index (κ3) is 8.52. The molecule has 1 atom stereocenters. The van der Waals surface area contributed by atoms with E-state index in [0.717, 1.165) is 6.42 Å². The zero-order valence-electron chi connectivity index (χ0n) is 11.6. The summed E-state index contributed by atoms with van der Waals surface area (Å²) < 4.78 is 0. The zero-order chi connectivity index (χ0) is 12.4. The van der Waals surface area contributed by atoms with E-state index in [2.05, 4.69) is 52.5 Å². The lowest BCUT2D eigenvalue weighted by Gasteiger charge is -2.08. The summed E-state index contributed by atoms with van der Waals surface area (Å²) >= 11 is 0. The maximum absolute atomic E-state index is 3.90. The second-order valence-corrected chi connectivity index (χ2v) is 4.89. The highest BCUT2D eigenvalue weighted by atomic mass is 14.1. The average Bonchev–Trinajstić information content (AvgIpc) is 2.23. The summed E-state index contributed by atoms with van der Waals surface area (Å²) in [7, 11) is 0. The van der Waals surface area contributed by atoms with Crippen LogP contribution in [0.25, 0.3) is 0 Å². The first-order chi connectivity index (χ1) is 7.60. The smallest absolute Gasteiger partial charge is 0.0202 e. The van der Waals surface area contributed by atoms with Gasteiger partial charge in [-0.3, -0.25) is 0 Å². The molecule has 0 radical (unpaired) electrons. The van der Waals surface area contributed by atoms with Gasteiger partial charge in [0.05, 0.1) is 0 Å². The van der Waals surface area contributed by atoms with Crippen molar-refractivity contribution < 1.29 is 0 Å². The average molecular weight is 220 g/mol. The highest BCUT2D eigenvalue weighted by Crippen LogP contribution is 2.16. The number of hydrogen-bond acceptors (Lipinski definition) is 0. The number of allylic oxidation sites excluding steroid dienone is 5. The van der Waals surface area contributed by atoms with E-state index >= 15 is 0 Å². The lowest BCUT2D eigenvalue weighted by molar-refractivity contribution is 0.587. The Morgan fingerprint density at radius 2 is 1.88 bits per heavy atom. The quantitative estimate of drug-likeness (QED) is 0.462. The van der Waals surface area contributed by atoms with Gasteiger partial charge in [0.25, 0.3) is 0 Å². The summed E-state index contributed by atoms with van der Waals surface area (Å²) in [5.41, 5.74) is 2.93. The van der Waals surface area contributed by atoms with Crippen LogP contribution in [0, 0.1) is 5.92 Å². The Labute approximate surface area is 102 Å². The van der Waals surface area contributed by atoms with Crippen molar-refractivity contribution in [3.05, 3.63) is 36.0 Å². The molecule has 0 rings (SSSR count). The van der Waals surface area contributed by atoms with Crippen LogP contribution in [0.4, 0.5) is 0 Å². The lowest BCUT2D eigenvalue weighted by atomic mass is 9.98. The minimum Gasteiger partial charge on any atom is -0.103 e. The number of hydrogen-bond donors (Lipinski definition) is 0. The van der Waals surface area contributed by atoms with Crippen LogP contribution in [0.5, 0.6) is 0 Å². The van der Waals surface area contributed by atoms with Crippen molar-refractivity contribution in [3.8, 4) is 0 Å². The number of rotatable bonds is 8. The molecule has 0 N–H and O–H groups in total. The van der Waals surface area contributed by atoms with Gasteiger partial charge in [-0.05, 0) is 52.4 Å². The van der Waals surface area contributed by atoms with E-state index in [-0.39, 0.29) is 0 Å². The van der Waals surface area contributed by atoms with Crippen LogP contribution in [0.3, 0.4) is 0 Å². The fraction of sp³-hybridized carbons (Fsp3) is 0.625. The third-order valence-corrected chi connectivity index (χ3v) is 2.85. The summed E-state index contributed by atoms with van der Waals surface area (Å²) in [6.45, 7) is 12.7. The van der Waals surface area contributed by atoms with Crippen LogP contribution in [-0.4, -0.2) is 0 Å². The van der Waals surface area contributed by atoms with Crippen LogP contribution in [-0.2, 0) is 0 Å². The first-order valence-electron chi connectivity index (χ1n) is 6.51. The molecule has 0 fully saturated rings. The zero-order valence-corrected chi connectivity index (χ0v) is 11.6. The van der Waals surface area contributed by atoms with Crippen molar-refractivity contribution in [2.75, 3.05) is 0 Å². The molecule has 0 heteroatoms. The van der Waals surface area contributed by atoms with Crippen molar-refractivity contribution in [2.45, 2.75) is 59.8 Å². The van der Waals surface area contributed by atoms with Gasteiger partial charge in [0.2, 0.25) is 0 Å². The summed E-state index contributed by atoms with van der Waals surface area (Å²) in [6, 6.07) is 0. The topological polar surface area (TPSA) is 0 Å². The minimum atomic E-state index is 0.670. The van der Waals surface area contributed by atoms with Crippen molar-refractivity contribution in [1.29, 1.82) is 0 Å². The largest absolute Gasteiger partial charge is 0.103 e. The Kier molecular flexibility index (Phi) is 8.99. The van der Waals surface area contributed by atoms with Gasteiger partial charge in [0, 0.05) is 0 Å². The van der Waals surface area contributed by atoms with E-state index in [1.54, 1.807) is 0 Å². The molecule has 0 aromatic carbocycles. The molecule has 92 valence electrons. The third-order valence-electron chi connectivity index (χ3n) is 2.85. The van der Waals surface area contributed by atoms with Gasteiger partial charge in [-0.25, -0.2) is 0 Å². The SMILES string of the molecule is C=CC(CC=C(C)CCC=C(C)C)CCC. The standard InChI is InChI=1S/C16H28/c1-6-9-16(7-2)13-12-15(5)11-8-10-14(3)4/h7,10,12,16H,2,6,8-9,11,13H2,1,3-5H3. The predicted octanol–water partition coefficient (Wildman–Crippen LogP) is 5.67. The highest BCUT2D eigenvalue weighted by Gasteiger charge is 2.00. The monoisotopic (exact) mass is 220 g/mol. The minimum absolute atomic E-state index is 0.670. The first-order valence-corrected chi connectivity index (χ1v) is 6.51. The van der Waals surface area contributed by atoms with E-state index in [0.29, 0.717) is 5.92 Å². The molecule has 0 amide bonds. The molecule has 0 heterocycles. The molecule has 16 heavy (non-hydrogen) atoms. The van der Waals surface area contributed by atoms with Gasteiger partial charge in [-0.1, -0.05) is 42.7 Å². The molecule has 0 saturated heterocycles. The van der Waals surface area contributed by atoms with Gasteiger partial charge in [0.15, 0.2) is 0 Å². The molecule has 1 unspecified atom stereocenters. The van der Waals surface area contributed by atoms with Gasteiger partial charge < -0.3 is 0 Å². The molecule has 0 saturated carbocycles. The van der Waals surface area contributed by atoms with E-state index in [1.165, 1.54) is 36.8 Å². The molecule has 0 aliphatic rings. The second kappa shape index (κ2) is 9.45. The Hall–Kier alpha value is -0.780. The molecule has 0 nitrogen and oxygen atoms in total. The van der Waals surface area contributed by atoms with Crippen molar-refractivity contribution >= 4 is 0 Å². The van der Waals surface area contributed by atoms with Gasteiger partial charge in [-0.15, -0.1) is 6.58 Å². The molecule has 0 bridgehead atoms. The molecule has 0 spiro atoms. The second-order valence-electron chi connectivity index (χ2n) is 4.89. The van der Waals surface area contributed by atoms with Crippen LogP contribution in [0.2, 0.25) is 0 Å². The summed E-state index contributed by atoms with van der Waals surface area (Å²) in [4.78, 5) is 0. The molecule has 0 aromatic heterocycles. The summed E-state index contributed by atoms with van der Waals surface area (Å²) in [5, 5.41) is 0. The Morgan fingerprint density at radius 3 is 2.38 bits per heavy atom. The highest BCUT2D eigenvalue weighted by molar-refractivity contribution is 5.03. The van der Waals surface area contributed by atoms with Gasteiger partial charge in [0.1, 0.15) is 0 Å². The molecule has 0 aliphatic heterocycles. The van der Waals surface area contributed by atoms with Crippen molar-refractivity contribution in [2.24, 2.45) is 5.92 Å². The van der Waals surface area contributed by atoms with Crippen LogP contribution in [0.1, 0.15) is 59.8 Å². The summed E-state index contributed by atoms with van der Waals surface area (Å²) in [5.74, 6) is 0.670. The fourth-order valence-corrected chi connectivity index (χ4v) is 1.75. The van der Waals surface area contributed by atoms with Crippen LogP contribution >= 0.6 is 0 Å². The van der Waals surface area contributed by atoms with E-state index in [1.807, 2.05) is 0 Å². The van der Waals surface area contributed by atoms with Gasteiger partial charge >= 0.3 is 0 Å². The predicted molar refractivity (Wildman–Crippen MR) is 75.6 cm³/mol. The molecule has 0 aliphatic carbocycles. The van der Waals surface area contributed by atoms with E-state index in [9.17, 15) is 0 Å². The maximum Gasteiger partial charge on any atom is -0.0202 e. The van der Waals surface area contributed by atoms with E-state index in [4.69, 9.17) is 0 Å². The van der Waals surface area contributed by atoms with Crippen molar-refractivity contribution in [1.82, 2.24) is 0 Å². The van der Waals surface area contributed by atoms with Crippen LogP contribution < -0.4 is 0 Å². The Morgan fingerprint density at radius 1 is 1.19 bits per heavy atom. The molecular formula is C16H28. The maximum atomic E-state index is 3.90. The lowest BCUT2D eigenvalue weighted by Crippen LogP contribution is -1.93. The van der Waals surface area contributed by atoms with Crippen molar-refractivity contribution in [3.63, 3.8) is 0 Å². The Balaban J connectivity index is 3.92. The molecule has 0 aromatic rings. The summed E-state index contributed by atoms with van der Waals surface area (Å²) in [6.07, 6.45) is 12.9. The fourth-order valence-electron chi connectivity index (χ4n) is 1.75. The van der Waals surface area contributed by atoms with E-state index < -0.39 is 0 Å².